The van der Waals surface area contributed by atoms with Gasteiger partial charge in [-0.15, -0.1) is 0 Å². The average molecular weight is 630 g/mol. The molecule has 4 aromatic rings. The van der Waals surface area contributed by atoms with Gasteiger partial charge in [0.25, 0.3) is 0 Å². The van der Waals surface area contributed by atoms with E-state index in [1.165, 1.54) is 12.1 Å². The molecule has 10 heteroatoms. The molecule has 1 amide bonds. The van der Waals surface area contributed by atoms with Crippen LogP contribution < -0.4 is 4.90 Å². The van der Waals surface area contributed by atoms with Gasteiger partial charge in [-0.1, -0.05) is 72.8 Å². The first-order valence-corrected chi connectivity index (χ1v) is 15.2. The number of amides is 1. The zero-order valence-electron chi connectivity index (χ0n) is 24.8. The summed E-state index contributed by atoms with van der Waals surface area (Å²) < 4.78 is 18.6. The Bertz CT molecular complexity index is 1640. The second-order valence-corrected chi connectivity index (χ2v) is 11.9. The van der Waals surface area contributed by atoms with Crippen molar-refractivity contribution in [3.05, 3.63) is 126 Å². The molecule has 0 spiro atoms. The van der Waals surface area contributed by atoms with Crippen molar-refractivity contribution >= 4 is 11.6 Å². The van der Waals surface area contributed by atoms with Gasteiger partial charge in [-0.2, -0.15) is 0 Å². The van der Waals surface area contributed by atoms with Gasteiger partial charge in [-0.3, -0.25) is 4.79 Å². The Morgan fingerprint density at radius 3 is 2.13 bits per heavy atom. The fourth-order valence-electron chi connectivity index (χ4n) is 6.39. The minimum Gasteiger partial charge on any atom is -0.388 e. The molecule has 240 valence electrons. The molecular formula is C36H36FNO8. The number of halogens is 1. The number of aliphatic hydroxyl groups excluding tert-OH is 6. The van der Waals surface area contributed by atoms with E-state index in [1.807, 2.05) is 60.7 Å². The van der Waals surface area contributed by atoms with Gasteiger partial charge in [-0.25, -0.2) is 4.39 Å². The minimum atomic E-state index is -1.77. The van der Waals surface area contributed by atoms with E-state index in [0.29, 0.717) is 24.0 Å². The number of hydrogen-bond acceptors (Lipinski definition) is 8. The van der Waals surface area contributed by atoms with Crippen LogP contribution in [0.1, 0.15) is 47.8 Å². The largest absolute Gasteiger partial charge is 0.388 e. The number of benzene rings is 4. The highest BCUT2D eigenvalue weighted by Crippen LogP contribution is 2.46. The highest BCUT2D eigenvalue weighted by Gasteiger charge is 2.49. The molecule has 46 heavy (non-hydrogen) atoms. The van der Waals surface area contributed by atoms with Crippen LogP contribution in [0.3, 0.4) is 0 Å². The van der Waals surface area contributed by atoms with Crippen molar-refractivity contribution in [3.63, 3.8) is 0 Å². The van der Waals surface area contributed by atoms with Crippen LogP contribution in [0, 0.1) is 11.7 Å². The number of para-hydroxylation sites is 1. The van der Waals surface area contributed by atoms with Gasteiger partial charge in [0.1, 0.15) is 36.3 Å². The maximum absolute atomic E-state index is 13.4. The molecule has 0 saturated carbocycles. The third-order valence-electron chi connectivity index (χ3n) is 9.00. The Morgan fingerprint density at radius 2 is 1.43 bits per heavy atom. The van der Waals surface area contributed by atoms with Gasteiger partial charge in [0.15, 0.2) is 6.29 Å². The highest BCUT2D eigenvalue weighted by atomic mass is 19.1. The molecule has 6 N–H and O–H groups in total. The first-order chi connectivity index (χ1) is 22.1. The molecule has 0 aromatic heterocycles. The fraction of sp³-hybridized carbons (Fsp3) is 0.306. The number of aliphatic hydroxyl groups is 6. The molecule has 2 aliphatic heterocycles. The minimum absolute atomic E-state index is 0.0388. The van der Waals surface area contributed by atoms with E-state index in [0.717, 1.165) is 22.4 Å². The van der Waals surface area contributed by atoms with E-state index < -0.39 is 42.9 Å². The third-order valence-corrected chi connectivity index (χ3v) is 9.00. The molecule has 0 bridgehead atoms. The zero-order valence-corrected chi connectivity index (χ0v) is 24.8. The molecular weight excluding hydrogens is 593 g/mol. The number of rotatable bonds is 9. The molecule has 6 rings (SSSR count). The van der Waals surface area contributed by atoms with Gasteiger partial charge in [-0.05, 0) is 71.0 Å². The summed E-state index contributed by atoms with van der Waals surface area (Å²) in [6, 6.07) is 29.4. The summed E-state index contributed by atoms with van der Waals surface area (Å²) in [5.74, 6) is -0.790. The van der Waals surface area contributed by atoms with E-state index in [2.05, 4.69) is 0 Å². The lowest BCUT2D eigenvalue weighted by Gasteiger charge is -2.48. The summed E-state index contributed by atoms with van der Waals surface area (Å²) in [4.78, 5) is 15.2. The number of carbonyl (C=O) groups excluding carboxylic acids is 1. The van der Waals surface area contributed by atoms with E-state index in [1.54, 1.807) is 35.2 Å². The average Bonchev–Trinajstić information content (AvgIpc) is 3.08. The molecule has 9 atom stereocenters. The number of anilines is 1. The summed E-state index contributed by atoms with van der Waals surface area (Å²) in [5, 5.41) is 61.8. The van der Waals surface area contributed by atoms with Crippen molar-refractivity contribution in [2.75, 3.05) is 4.90 Å². The Hall–Kier alpha value is -4.00. The monoisotopic (exact) mass is 629 g/mol. The van der Waals surface area contributed by atoms with E-state index in [4.69, 9.17) is 4.74 Å². The Morgan fingerprint density at radius 1 is 0.739 bits per heavy atom. The van der Waals surface area contributed by atoms with Gasteiger partial charge < -0.3 is 40.3 Å². The molecule has 2 aliphatic rings. The lowest BCUT2D eigenvalue weighted by atomic mass is 9.78. The first kappa shape index (κ1) is 32.0. The Labute approximate surface area is 265 Å². The number of nitrogens with zero attached hydrogens (tertiary/aromatic N) is 1. The smallest absolute Gasteiger partial charge is 0.233 e. The van der Waals surface area contributed by atoms with Gasteiger partial charge in [0.05, 0.1) is 18.1 Å². The fourth-order valence-corrected chi connectivity index (χ4v) is 6.39. The maximum Gasteiger partial charge on any atom is 0.233 e. The molecule has 2 saturated heterocycles. The highest BCUT2D eigenvalue weighted by molar-refractivity contribution is 6.03. The second kappa shape index (κ2) is 13.4. The van der Waals surface area contributed by atoms with Crippen LogP contribution in [0.2, 0.25) is 0 Å². The van der Waals surface area contributed by atoms with Crippen molar-refractivity contribution in [2.45, 2.75) is 61.8 Å². The SMILES string of the molecule is O=C1[C@H](CC[C@H](O)c2ccc(F)cc2)[C@@H](c2ccc(-c3cccc([C@H](O)C4OC(O)[C@H](O)[C@@H](O)[C@@H]4O)c3)cc2)N1c1ccccc1. The third kappa shape index (κ3) is 6.21. The zero-order chi connectivity index (χ0) is 32.5. The van der Waals surface area contributed by atoms with Gasteiger partial charge in [0.2, 0.25) is 5.91 Å². The number of carbonyl (C=O) groups is 1. The Kier molecular flexibility index (Phi) is 9.30. The molecule has 4 aromatic carbocycles. The van der Waals surface area contributed by atoms with Crippen LogP contribution in [-0.4, -0.2) is 67.3 Å². The maximum atomic E-state index is 13.4. The van der Waals surface area contributed by atoms with Crippen molar-refractivity contribution in [2.24, 2.45) is 5.92 Å². The molecule has 2 unspecified atom stereocenters. The normalized spacial score (nSPS) is 27.6. The summed E-state index contributed by atoms with van der Waals surface area (Å²) in [7, 11) is 0. The number of hydrogen-bond donors (Lipinski definition) is 6. The van der Waals surface area contributed by atoms with Crippen LogP contribution in [0.5, 0.6) is 0 Å². The predicted octanol–water partition coefficient (Wildman–Crippen LogP) is 3.54. The lowest BCUT2D eigenvalue weighted by molar-refractivity contribution is -0.297. The van der Waals surface area contributed by atoms with E-state index in [-0.39, 0.29) is 23.7 Å². The van der Waals surface area contributed by atoms with Crippen LogP contribution in [0.4, 0.5) is 10.1 Å². The van der Waals surface area contributed by atoms with E-state index >= 15 is 0 Å². The standard InChI is InChI=1S/C36H36FNO8/c37-25-15-13-21(14-16-25)28(39)18-17-27-29(38(35(27)44)26-7-2-1-3-8-26)22-11-9-20(10-12-22)23-5-4-6-24(19-23)30(40)34-32(42)31(41)33(43)36(45)46-34/h1-16,19,27-34,36,39-43,45H,17-18H2/t27-,28+,29-,30+,31+,32+,33-,34?,36?/m1/s1. The number of ether oxygens (including phenoxy) is 1. The van der Waals surface area contributed by atoms with Crippen LogP contribution in [0.25, 0.3) is 11.1 Å². The quantitative estimate of drug-likeness (QED) is 0.154. The molecule has 9 nitrogen and oxygen atoms in total. The second-order valence-electron chi connectivity index (χ2n) is 11.9. The van der Waals surface area contributed by atoms with Crippen LogP contribution >= 0.6 is 0 Å². The predicted molar refractivity (Wildman–Crippen MR) is 166 cm³/mol. The Balaban J connectivity index is 1.21. The van der Waals surface area contributed by atoms with Crippen molar-refractivity contribution in [1.82, 2.24) is 0 Å². The van der Waals surface area contributed by atoms with Gasteiger partial charge >= 0.3 is 0 Å². The summed E-state index contributed by atoms with van der Waals surface area (Å²) >= 11 is 0. The summed E-state index contributed by atoms with van der Waals surface area (Å²) in [5.41, 5.74) is 4.21. The van der Waals surface area contributed by atoms with Crippen molar-refractivity contribution in [3.8, 4) is 11.1 Å². The van der Waals surface area contributed by atoms with E-state index in [9.17, 15) is 39.8 Å². The van der Waals surface area contributed by atoms with Gasteiger partial charge in [0, 0.05) is 5.69 Å². The summed E-state index contributed by atoms with van der Waals surface area (Å²) in [6.07, 6.45) is -9.63. The molecule has 0 aliphatic carbocycles. The van der Waals surface area contributed by atoms with Crippen LogP contribution in [-0.2, 0) is 9.53 Å². The summed E-state index contributed by atoms with van der Waals surface area (Å²) in [6.45, 7) is 0. The number of β-lactam (4-membered cyclic amide) rings is 1. The van der Waals surface area contributed by atoms with Crippen LogP contribution in [0.15, 0.2) is 103 Å². The molecule has 2 fully saturated rings. The molecule has 0 radical (unpaired) electrons. The molecule has 2 heterocycles. The first-order valence-electron chi connectivity index (χ1n) is 15.2. The lowest BCUT2D eigenvalue weighted by Crippen LogP contribution is -2.58. The topological polar surface area (TPSA) is 151 Å². The van der Waals surface area contributed by atoms with Crippen molar-refractivity contribution in [1.29, 1.82) is 0 Å². The van der Waals surface area contributed by atoms with Crippen molar-refractivity contribution < 1.29 is 44.6 Å².